The maximum absolute atomic E-state index is 12.7. The highest BCUT2D eigenvalue weighted by Crippen LogP contribution is 2.24. The average molecular weight is 366 g/mol. The lowest BCUT2D eigenvalue weighted by molar-refractivity contribution is 0.0925. The molecule has 0 aliphatic carbocycles. The van der Waals surface area contributed by atoms with Crippen molar-refractivity contribution < 1.29 is 4.79 Å². The first-order chi connectivity index (χ1) is 12.5. The molecule has 0 bridgehead atoms. The molecule has 1 unspecified atom stereocenters. The molecule has 4 nitrogen and oxygen atoms in total. The van der Waals surface area contributed by atoms with Crippen molar-refractivity contribution in [1.82, 2.24) is 15.2 Å². The van der Waals surface area contributed by atoms with Crippen LogP contribution >= 0.6 is 11.3 Å². The van der Waals surface area contributed by atoms with Crippen LogP contribution in [0, 0.1) is 6.92 Å². The highest BCUT2D eigenvalue weighted by molar-refractivity contribution is 7.13. The van der Waals surface area contributed by atoms with Crippen LogP contribution in [0.2, 0.25) is 0 Å². The first-order valence-corrected chi connectivity index (χ1v) is 9.44. The highest BCUT2D eigenvalue weighted by atomic mass is 32.1. The summed E-state index contributed by atoms with van der Waals surface area (Å²) >= 11 is 1.49. The van der Waals surface area contributed by atoms with Gasteiger partial charge in [0.25, 0.3) is 5.91 Å². The molecule has 3 aromatic rings. The lowest BCUT2D eigenvalue weighted by Gasteiger charge is -2.22. The Morgan fingerprint density at radius 3 is 2.46 bits per heavy atom. The Bertz CT molecular complexity index is 856. The van der Waals surface area contributed by atoms with Gasteiger partial charge in [0.2, 0.25) is 0 Å². The van der Waals surface area contributed by atoms with Gasteiger partial charge in [0.1, 0.15) is 10.7 Å². The van der Waals surface area contributed by atoms with E-state index < -0.39 is 0 Å². The molecule has 5 heteroatoms. The van der Waals surface area contributed by atoms with E-state index >= 15 is 0 Å². The molecule has 0 aliphatic rings. The van der Waals surface area contributed by atoms with Crippen molar-refractivity contribution in [2.45, 2.75) is 13.0 Å². The zero-order valence-corrected chi connectivity index (χ0v) is 16.1. The normalized spacial score (nSPS) is 12.2. The molecule has 1 heterocycles. The number of benzene rings is 2. The highest BCUT2D eigenvalue weighted by Gasteiger charge is 2.18. The first-order valence-electron chi connectivity index (χ1n) is 8.56. The summed E-state index contributed by atoms with van der Waals surface area (Å²) in [4.78, 5) is 19.3. The van der Waals surface area contributed by atoms with Gasteiger partial charge in [-0.3, -0.25) is 4.79 Å². The van der Waals surface area contributed by atoms with E-state index in [0.29, 0.717) is 5.69 Å². The quantitative estimate of drug-likeness (QED) is 0.714. The number of carbonyl (C=O) groups is 1. The van der Waals surface area contributed by atoms with Crippen LogP contribution in [0.3, 0.4) is 0 Å². The van der Waals surface area contributed by atoms with Gasteiger partial charge >= 0.3 is 0 Å². The van der Waals surface area contributed by atoms with Gasteiger partial charge in [0, 0.05) is 17.5 Å². The van der Waals surface area contributed by atoms with Gasteiger partial charge in [-0.05, 0) is 26.6 Å². The molecule has 0 aliphatic heterocycles. The number of hydrogen-bond donors (Lipinski definition) is 1. The third kappa shape index (κ3) is 4.56. The van der Waals surface area contributed by atoms with Crippen molar-refractivity contribution >= 4 is 17.2 Å². The fraction of sp³-hybridized carbons (Fsp3) is 0.238. The van der Waals surface area contributed by atoms with Gasteiger partial charge in [-0.25, -0.2) is 4.98 Å². The third-order valence-corrected chi connectivity index (χ3v) is 4.98. The number of carbonyl (C=O) groups excluding carboxylic acids is 1. The molecular weight excluding hydrogens is 342 g/mol. The van der Waals surface area contributed by atoms with Crippen LogP contribution in [0.25, 0.3) is 10.6 Å². The van der Waals surface area contributed by atoms with Crippen molar-refractivity contribution in [2.75, 3.05) is 20.6 Å². The Kier molecular flexibility index (Phi) is 5.81. The predicted molar refractivity (Wildman–Crippen MR) is 107 cm³/mol. The number of aromatic nitrogens is 1. The molecular formula is C21H23N3OS. The minimum Gasteiger partial charge on any atom is -0.343 e. The molecule has 1 aromatic heterocycles. The van der Waals surface area contributed by atoms with Gasteiger partial charge in [0.15, 0.2) is 0 Å². The van der Waals surface area contributed by atoms with Crippen LogP contribution in [0.4, 0.5) is 0 Å². The summed E-state index contributed by atoms with van der Waals surface area (Å²) in [6.45, 7) is 2.78. The Morgan fingerprint density at radius 2 is 1.81 bits per heavy atom. The topological polar surface area (TPSA) is 45.2 Å². The second-order valence-corrected chi connectivity index (χ2v) is 7.46. The molecule has 0 saturated heterocycles. The van der Waals surface area contributed by atoms with E-state index in [1.54, 1.807) is 0 Å². The lowest BCUT2D eigenvalue weighted by atomic mass is 10.1. The molecule has 0 spiro atoms. The minimum atomic E-state index is -0.143. The van der Waals surface area contributed by atoms with E-state index in [2.05, 4.69) is 34.3 Å². The second kappa shape index (κ2) is 8.25. The smallest absolute Gasteiger partial charge is 0.271 e. The number of nitrogens with zero attached hydrogens (tertiary/aromatic N) is 2. The summed E-state index contributed by atoms with van der Waals surface area (Å²) in [5.41, 5.74) is 3.79. The number of amides is 1. The summed E-state index contributed by atoms with van der Waals surface area (Å²) in [5.74, 6) is -0.143. The van der Waals surface area contributed by atoms with E-state index in [0.717, 1.165) is 22.7 Å². The van der Waals surface area contributed by atoms with Gasteiger partial charge in [-0.15, -0.1) is 11.3 Å². The SMILES string of the molecule is Cc1ccc(-c2nc(C(=O)NC(CN(C)C)c3ccccc3)cs2)cc1. The lowest BCUT2D eigenvalue weighted by Crippen LogP contribution is -2.35. The molecule has 26 heavy (non-hydrogen) atoms. The van der Waals surface area contributed by atoms with Crippen molar-refractivity contribution in [3.63, 3.8) is 0 Å². The van der Waals surface area contributed by atoms with Crippen LogP contribution in [0.5, 0.6) is 0 Å². The van der Waals surface area contributed by atoms with Gasteiger partial charge in [0.05, 0.1) is 6.04 Å². The Morgan fingerprint density at radius 1 is 1.12 bits per heavy atom. The number of rotatable bonds is 6. The van der Waals surface area contributed by atoms with Crippen LogP contribution in [-0.2, 0) is 0 Å². The van der Waals surface area contributed by atoms with E-state index in [1.165, 1.54) is 16.9 Å². The summed E-state index contributed by atoms with van der Waals surface area (Å²) < 4.78 is 0. The molecule has 3 rings (SSSR count). The molecule has 1 N–H and O–H groups in total. The minimum absolute atomic E-state index is 0.0803. The van der Waals surface area contributed by atoms with Crippen molar-refractivity contribution in [1.29, 1.82) is 0 Å². The standard InChI is InChI=1S/C21H23N3OS/c1-15-9-11-17(12-10-15)21-23-19(14-26-21)20(25)22-18(13-24(2)3)16-7-5-4-6-8-16/h4-12,14,18H,13H2,1-3H3,(H,22,25). The van der Waals surface area contributed by atoms with Gasteiger partial charge < -0.3 is 10.2 Å². The molecule has 1 atom stereocenters. The maximum Gasteiger partial charge on any atom is 0.271 e. The molecule has 134 valence electrons. The second-order valence-electron chi connectivity index (χ2n) is 6.60. The van der Waals surface area contributed by atoms with E-state index in [1.807, 2.05) is 61.9 Å². The molecule has 0 fully saturated rings. The van der Waals surface area contributed by atoms with E-state index in [4.69, 9.17) is 0 Å². The fourth-order valence-corrected chi connectivity index (χ4v) is 3.53. The summed E-state index contributed by atoms with van der Waals surface area (Å²) in [7, 11) is 4.00. The Hall–Kier alpha value is -2.50. The van der Waals surface area contributed by atoms with Crippen LogP contribution in [0.1, 0.15) is 27.7 Å². The van der Waals surface area contributed by atoms with Crippen molar-refractivity contribution in [3.05, 3.63) is 76.8 Å². The third-order valence-electron chi connectivity index (χ3n) is 4.09. The summed E-state index contributed by atoms with van der Waals surface area (Å²) in [6, 6.07) is 18.1. The average Bonchev–Trinajstić information content (AvgIpc) is 3.12. The predicted octanol–water partition coefficient (Wildman–Crippen LogP) is 4.15. The van der Waals surface area contributed by atoms with Crippen LogP contribution in [0.15, 0.2) is 60.0 Å². The molecule has 0 saturated carbocycles. The number of thiazole rings is 1. The zero-order valence-electron chi connectivity index (χ0n) is 15.3. The van der Waals surface area contributed by atoms with E-state index in [-0.39, 0.29) is 11.9 Å². The molecule has 2 aromatic carbocycles. The van der Waals surface area contributed by atoms with Crippen molar-refractivity contribution in [3.8, 4) is 10.6 Å². The Balaban J connectivity index is 1.76. The zero-order chi connectivity index (χ0) is 18.5. The fourth-order valence-electron chi connectivity index (χ4n) is 2.72. The summed E-state index contributed by atoms with van der Waals surface area (Å²) in [5, 5.41) is 5.80. The van der Waals surface area contributed by atoms with Crippen LogP contribution in [-0.4, -0.2) is 36.4 Å². The monoisotopic (exact) mass is 365 g/mol. The Labute approximate surface area is 158 Å². The van der Waals surface area contributed by atoms with Crippen molar-refractivity contribution in [2.24, 2.45) is 0 Å². The maximum atomic E-state index is 12.7. The number of hydrogen-bond acceptors (Lipinski definition) is 4. The largest absolute Gasteiger partial charge is 0.343 e. The number of likely N-dealkylation sites (N-methyl/N-ethyl adjacent to an activating group) is 1. The number of nitrogens with one attached hydrogen (secondary N) is 1. The van der Waals surface area contributed by atoms with Gasteiger partial charge in [-0.2, -0.15) is 0 Å². The molecule has 0 radical (unpaired) electrons. The number of aryl methyl sites for hydroxylation is 1. The molecule has 1 amide bonds. The van der Waals surface area contributed by atoms with Crippen LogP contribution < -0.4 is 5.32 Å². The van der Waals surface area contributed by atoms with E-state index in [9.17, 15) is 4.79 Å². The summed E-state index contributed by atoms with van der Waals surface area (Å²) in [6.07, 6.45) is 0. The van der Waals surface area contributed by atoms with Gasteiger partial charge in [-0.1, -0.05) is 60.2 Å². The first kappa shape index (κ1) is 18.3.